The van der Waals surface area contributed by atoms with Crippen molar-refractivity contribution < 1.29 is 19.1 Å². The lowest BCUT2D eigenvalue weighted by Gasteiger charge is -2.40. The van der Waals surface area contributed by atoms with Crippen molar-refractivity contribution in [3.05, 3.63) is 29.8 Å². The molecule has 22 heavy (non-hydrogen) atoms. The molecule has 2 heterocycles. The lowest BCUT2D eigenvalue weighted by Crippen LogP contribution is -2.46. The minimum absolute atomic E-state index is 0.0422. The maximum Gasteiger partial charge on any atom is 0.337 e. The number of piperidine rings is 1. The summed E-state index contributed by atoms with van der Waals surface area (Å²) < 4.78 is 10.1. The van der Waals surface area contributed by atoms with Crippen LogP contribution in [0.5, 0.6) is 0 Å². The number of fused-ring (bicyclic) bond motifs is 2. The van der Waals surface area contributed by atoms with E-state index >= 15 is 0 Å². The smallest absolute Gasteiger partial charge is 0.337 e. The molecule has 118 valence electrons. The fourth-order valence-corrected chi connectivity index (χ4v) is 3.77. The van der Waals surface area contributed by atoms with E-state index in [9.17, 15) is 9.59 Å². The summed E-state index contributed by atoms with van der Waals surface area (Å²) in [5, 5.41) is 0. The lowest BCUT2D eigenvalue weighted by atomic mass is 9.98. The van der Waals surface area contributed by atoms with Gasteiger partial charge in [-0.3, -0.25) is 4.79 Å². The number of benzene rings is 1. The number of ether oxygens (including phenoxy) is 2. The number of methoxy groups -OCH3 is 1. The predicted octanol–water partition coefficient (Wildman–Crippen LogP) is 2.54. The maximum atomic E-state index is 11.5. The number of hydrogen-bond donors (Lipinski definition) is 0. The molecule has 5 nitrogen and oxygen atoms in total. The second-order valence-corrected chi connectivity index (χ2v) is 6.03. The summed E-state index contributed by atoms with van der Waals surface area (Å²) in [4.78, 5) is 25.1. The molecule has 2 aliphatic heterocycles. The summed E-state index contributed by atoms with van der Waals surface area (Å²) in [5.41, 5.74) is 1.69. The summed E-state index contributed by atoms with van der Waals surface area (Å²) in [6.45, 7) is 1.47. The van der Waals surface area contributed by atoms with Crippen LogP contribution in [0.4, 0.5) is 5.69 Å². The van der Waals surface area contributed by atoms with Crippen LogP contribution >= 0.6 is 0 Å². The van der Waals surface area contributed by atoms with Crippen molar-refractivity contribution in [2.45, 2.75) is 50.8 Å². The van der Waals surface area contributed by atoms with E-state index in [0.29, 0.717) is 17.6 Å². The minimum Gasteiger partial charge on any atom is -0.465 e. The number of rotatable bonds is 3. The van der Waals surface area contributed by atoms with Crippen molar-refractivity contribution in [3.8, 4) is 0 Å². The number of carbonyl (C=O) groups is 2. The molecule has 2 aliphatic rings. The SMILES string of the molecule is COC(=O)c1ccc(N2[C@@H]3CC[C@H]2C[C@@H](OC(C)=O)C3)cc1. The molecule has 2 fully saturated rings. The number of carbonyl (C=O) groups excluding carboxylic acids is 2. The molecule has 1 aromatic rings. The molecule has 1 aromatic carbocycles. The number of nitrogens with zero attached hydrogens (tertiary/aromatic N) is 1. The van der Waals surface area contributed by atoms with Gasteiger partial charge in [0.2, 0.25) is 0 Å². The average Bonchev–Trinajstić information content (AvgIpc) is 2.77. The first-order chi connectivity index (χ1) is 10.6. The highest BCUT2D eigenvalue weighted by Gasteiger charge is 2.41. The fourth-order valence-electron chi connectivity index (χ4n) is 3.77. The third kappa shape index (κ3) is 2.80. The van der Waals surface area contributed by atoms with Crippen molar-refractivity contribution >= 4 is 17.6 Å². The lowest BCUT2D eigenvalue weighted by molar-refractivity contribution is -0.147. The molecule has 3 atom stereocenters. The van der Waals surface area contributed by atoms with Crippen molar-refractivity contribution in [2.24, 2.45) is 0 Å². The number of hydrogen-bond acceptors (Lipinski definition) is 5. The fraction of sp³-hybridized carbons (Fsp3) is 0.529. The Kier molecular flexibility index (Phi) is 4.05. The third-order valence-electron chi connectivity index (χ3n) is 4.61. The number of anilines is 1. The zero-order chi connectivity index (χ0) is 15.7. The first kappa shape index (κ1) is 14.9. The van der Waals surface area contributed by atoms with E-state index in [-0.39, 0.29) is 18.0 Å². The molecular weight excluding hydrogens is 282 g/mol. The summed E-state index contributed by atoms with van der Waals surface area (Å²) in [6.07, 6.45) is 4.06. The van der Waals surface area contributed by atoms with E-state index in [1.165, 1.54) is 14.0 Å². The van der Waals surface area contributed by atoms with Gasteiger partial charge in [-0.05, 0) is 37.1 Å². The van der Waals surface area contributed by atoms with Crippen LogP contribution in [0.1, 0.15) is 43.0 Å². The Morgan fingerprint density at radius 1 is 1.09 bits per heavy atom. The normalized spacial score (nSPS) is 26.6. The Balaban J connectivity index is 1.74. The Labute approximate surface area is 130 Å². The highest BCUT2D eigenvalue weighted by atomic mass is 16.5. The molecular formula is C17H21NO4. The first-order valence-electron chi connectivity index (χ1n) is 7.72. The average molecular weight is 303 g/mol. The largest absolute Gasteiger partial charge is 0.465 e. The van der Waals surface area contributed by atoms with Gasteiger partial charge in [0.25, 0.3) is 0 Å². The molecule has 0 unspecified atom stereocenters. The quantitative estimate of drug-likeness (QED) is 0.803. The molecule has 0 aromatic heterocycles. The van der Waals surface area contributed by atoms with Gasteiger partial charge < -0.3 is 14.4 Å². The zero-order valence-electron chi connectivity index (χ0n) is 13.0. The van der Waals surface area contributed by atoms with Crippen LogP contribution in [0.2, 0.25) is 0 Å². The monoisotopic (exact) mass is 303 g/mol. The van der Waals surface area contributed by atoms with E-state index < -0.39 is 0 Å². The van der Waals surface area contributed by atoms with E-state index in [4.69, 9.17) is 9.47 Å². The van der Waals surface area contributed by atoms with Gasteiger partial charge in [0.05, 0.1) is 12.7 Å². The Morgan fingerprint density at radius 3 is 2.18 bits per heavy atom. The Hall–Kier alpha value is -2.04. The molecule has 0 N–H and O–H groups in total. The molecule has 0 aliphatic carbocycles. The van der Waals surface area contributed by atoms with E-state index in [1.807, 2.05) is 12.1 Å². The second kappa shape index (κ2) is 5.99. The van der Waals surface area contributed by atoms with Crippen LogP contribution in [-0.2, 0) is 14.3 Å². The van der Waals surface area contributed by atoms with Crippen molar-refractivity contribution in [1.82, 2.24) is 0 Å². The standard InChI is InChI=1S/C17H21NO4/c1-11(19)22-16-9-14-7-8-15(10-16)18(14)13-5-3-12(4-6-13)17(20)21-2/h3-6,14-16H,7-10H2,1-2H3/t14-,15+,16+. The molecule has 0 saturated carbocycles. The van der Waals surface area contributed by atoms with Gasteiger partial charge in [-0.2, -0.15) is 0 Å². The van der Waals surface area contributed by atoms with Crippen LogP contribution in [-0.4, -0.2) is 37.2 Å². The molecule has 3 rings (SSSR count). The molecule has 0 spiro atoms. The van der Waals surface area contributed by atoms with Crippen LogP contribution in [0.3, 0.4) is 0 Å². The van der Waals surface area contributed by atoms with Gasteiger partial charge in [-0.25, -0.2) is 4.79 Å². The Morgan fingerprint density at radius 2 is 1.68 bits per heavy atom. The molecule has 2 saturated heterocycles. The zero-order valence-corrected chi connectivity index (χ0v) is 13.0. The third-order valence-corrected chi connectivity index (χ3v) is 4.61. The molecule has 0 radical (unpaired) electrons. The van der Waals surface area contributed by atoms with Gasteiger partial charge in [0.15, 0.2) is 0 Å². The van der Waals surface area contributed by atoms with Crippen molar-refractivity contribution in [1.29, 1.82) is 0 Å². The molecule has 5 heteroatoms. The van der Waals surface area contributed by atoms with Gasteiger partial charge in [-0.15, -0.1) is 0 Å². The van der Waals surface area contributed by atoms with Gasteiger partial charge >= 0.3 is 11.9 Å². The topological polar surface area (TPSA) is 55.8 Å². The minimum atomic E-state index is -0.317. The Bertz CT molecular complexity index is 555. The summed E-state index contributed by atoms with van der Waals surface area (Å²) in [6, 6.07) is 8.38. The summed E-state index contributed by atoms with van der Waals surface area (Å²) in [7, 11) is 1.39. The van der Waals surface area contributed by atoms with E-state index in [1.54, 1.807) is 12.1 Å². The number of esters is 2. The van der Waals surface area contributed by atoms with E-state index in [0.717, 1.165) is 31.4 Å². The van der Waals surface area contributed by atoms with E-state index in [2.05, 4.69) is 4.90 Å². The van der Waals surface area contributed by atoms with Crippen molar-refractivity contribution in [3.63, 3.8) is 0 Å². The molecule has 0 amide bonds. The van der Waals surface area contributed by atoms with Crippen LogP contribution in [0, 0.1) is 0 Å². The first-order valence-corrected chi connectivity index (χ1v) is 7.72. The van der Waals surface area contributed by atoms with Gasteiger partial charge in [0.1, 0.15) is 6.10 Å². The highest BCUT2D eigenvalue weighted by Crippen LogP contribution is 2.40. The molecule has 2 bridgehead atoms. The van der Waals surface area contributed by atoms with Gasteiger partial charge in [0, 0.05) is 37.5 Å². The van der Waals surface area contributed by atoms with Gasteiger partial charge in [-0.1, -0.05) is 0 Å². The van der Waals surface area contributed by atoms with Crippen LogP contribution < -0.4 is 4.90 Å². The second-order valence-electron chi connectivity index (χ2n) is 6.03. The maximum absolute atomic E-state index is 11.5. The van der Waals surface area contributed by atoms with Crippen molar-refractivity contribution in [2.75, 3.05) is 12.0 Å². The summed E-state index contributed by atoms with van der Waals surface area (Å²) in [5.74, 6) is -0.511. The van der Waals surface area contributed by atoms with Crippen LogP contribution in [0.15, 0.2) is 24.3 Å². The highest BCUT2D eigenvalue weighted by molar-refractivity contribution is 5.89. The summed E-state index contributed by atoms with van der Waals surface area (Å²) >= 11 is 0. The predicted molar refractivity (Wildman–Crippen MR) is 81.9 cm³/mol. The van der Waals surface area contributed by atoms with Crippen LogP contribution in [0.25, 0.3) is 0 Å².